The molecule has 2 heterocycles. The Morgan fingerprint density at radius 3 is 2.06 bits per heavy atom. The van der Waals surface area contributed by atoms with E-state index in [4.69, 9.17) is 4.74 Å². The summed E-state index contributed by atoms with van der Waals surface area (Å²) in [6, 6.07) is 2.58. The number of carbonyl (C=O) groups is 2. The lowest BCUT2D eigenvalue weighted by Crippen LogP contribution is -2.40. The van der Waals surface area contributed by atoms with E-state index >= 15 is 0 Å². The number of rotatable bonds is 9. The van der Waals surface area contributed by atoms with Gasteiger partial charge in [0, 0.05) is 23.9 Å². The molecular weight excluding hydrogens is 471 g/mol. The Bertz CT molecular complexity index is 894. The van der Waals surface area contributed by atoms with Crippen LogP contribution in [0.1, 0.15) is 12.8 Å². The topological polar surface area (TPSA) is 94.1 Å². The molecule has 184 valence electrons. The minimum Gasteiger partial charge on any atom is -0.487 e. The van der Waals surface area contributed by atoms with Gasteiger partial charge in [-0.25, -0.2) is 8.78 Å². The van der Waals surface area contributed by atoms with E-state index in [-0.39, 0.29) is 5.69 Å². The summed E-state index contributed by atoms with van der Waals surface area (Å²) in [5.74, 6) is -10.0. The van der Waals surface area contributed by atoms with Crippen molar-refractivity contribution >= 4 is 17.6 Å². The maximum Gasteiger partial charge on any atom is 0.422 e. The van der Waals surface area contributed by atoms with E-state index in [1.54, 1.807) is 0 Å². The lowest BCUT2D eigenvalue weighted by atomic mass is 9.78. The smallest absolute Gasteiger partial charge is 0.422 e. The molecule has 2 fully saturated rings. The Morgan fingerprint density at radius 1 is 1.00 bits per heavy atom. The molecule has 0 aromatic heterocycles. The molecule has 1 aromatic carbocycles. The van der Waals surface area contributed by atoms with Crippen molar-refractivity contribution in [2.24, 2.45) is 11.8 Å². The Morgan fingerprint density at radius 2 is 1.55 bits per heavy atom. The van der Waals surface area contributed by atoms with Crippen LogP contribution in [0.2, 0.25) is 0 Å². The summed E-state index contributed by atoms with van der Waals surface area (Å²) in [5, 5.41) is 11.7. The number of carboxylic acid groups (broad SMARTS) is 1. The number of alkyl halides is 7. The highest BCUT2D eigenvalue weighted by Gasteiger charge is 2.55. The van der Waals surface area contributed by atoms with E-state index < -0.39 is 79.2 Å². The van der Waals surface area contributed by atoms with Gasteiger partial charge in [-0.2, -0.15) is 22.0 Å². The van der Waals surface area contributed by atoms with Crippen LogP contribution in [-0.4, -0.2) is 60.9 Å². The van der Waals surface area contributed by atoms with E-state index in [1.165, 1.54) is 0 Å². The largest absolute Gasteiger partial charge is 0.487 e. The van der Waals surface area contributed by atoms with Crippen LogP contribution in [-0.2, 0) is 14.3 Å². The summed E-state index contributed by atoms with van der Waals surface area (Å²) >= 11 is 0. The van der Waals surface area contributed by atoms with Gasteiger partial charge >= 0.3 is 24.5 Å². The SMILES string of the molecule is O=C(O)[C@@H]1[C@@H](C(=O)Nc2cc(OCC(F)(F)F)cc(OCC(F)(F)C(F)F)c2)[C@H]2CC[C@H]1O2. The minimum atomic E-state index is -4.75. The summed E-state index contributed by atoms with van der Waals surface area (Å²) in [6.45, 7) is -3.56. The number of anilines is 1. The van der Waals surface area contributed by atoms with Crippen molar-refractivity contribution in [1.29, 1.82) is 0 Å². The predicted octanol–water partition coefficient (Wildman–Crippen LogP) is 3.72. The zero-order valence-corrected chi connectivity index (χ0v) is 16.6. The summed E-state index contributed by atoms with van der Waals surface area (Å²) in [4.78, 5) is 24.3. The van der Waals surface area contributed by atoms with Crippen molar-refractivity contribution < 1.29 is 59.6 Å². The molecular formula is C19H18F7NO6. The van der Waals surface area contributed by atoms with Gasteiger partial charge in [0.2, 0.25) is 5.91 Å². The molecule has 0 aliphatic carbocycles. The zero-order chi connectivity index (χ0) is 24.6. The second-order valence-electron chi connectivity index (χ2n) is 7.62. The highest BCUT2D eigenvalue weighted by molar-refractivity contribution is 5.96. The van der Waals surface area contributed by atoms with Crippen LogP contribution in [0.15, 0.2) is 18.2 Å². The van der Waals surface area contributed by atoms with Crippen molar-refractivity contribution in [3.05, 3.63) is 18.2 Å². The van der Waals surface area contributed by atoms with Gasteiger partial charge in [0.15, 0.2) is 13.2 Å². The first-order valence-electron chi connectivity index (χ1n) is 9.59. The maximum atomic E-state index is 13.2. The van der Waals surface area contributed by atoms with Crippen LogP contribution in [0.25, 0.3) is 0 Å². The van der Waals surface area contributed by atoms with E-state index in [9.17, 15) is 45.4 Å². The van der Waals surface area contributed by atoms with Crippen LogP contribution >= 0.6 is 0 Å². The fourth-order valence-corrected chi connectivity index (χ4v) is 3.77. The second kappa shape index (κ2) is 9.23. The Hall–Kier alpha value is -2.77. The van der Waals surface area contributed by atoms with Crippen LogP contribution in [0, 0.1) is 11.8 Å². The van der Waals surface area contributed by atoms with Gasteiger partial charge in [0.1, 0.15) is 11.5 Å². The van der Waals surface area contributed by atoms with E-state index in [1.807, 2.05) is 0 Å². The molecule has 7 nitrogen and oxygen atoms in total. The molecule has 1 aromatic rings. The number of hydrogen-bond donors (Lipinski definition) is 2. The van der Waals surface area contributed by atoms with Crippen LogP contribution in [0.4, 0.5) is 36.4 Å². The summed E-state index contributed by atoms with van der Waals surface area (Å²) in [7, 11) is 0. The third-order valence-electron chi connectivity index (χ3n) is 5.16. The molecule has 0 unspecified atom stereocenters. The lowest BCUT2D eigenvalue weighted by Gasteiger charge is -2.24. The summed E-state index contributed by atoms with van der Waals surface area (Å²) in [5.41, 5.74) is -0.276. The molecule has 2 N–H and O–H groups in total. The molecule has 2 aliphatic rings. The van der Waals surface area contributed by atoms with E-state index in [2.05, 4.69) is 14.8 Å². The quantitative estimate of drug-likeness (QED) is 0.514. The Balaban J connectivity index is 1.80. The highest BCUT2D eigenvalue weighted by atomic mass is 19.4. The molecule has 3 rings (SSSR count). The van der Waals surface area contributed by atoms with Gasteiger partial charge in [-0.3, -0.25) is 9.59 Å². The Labute approximate surface area is 181 Å². The highest BCUT2D eigenvalue weighted by Crippen LogP contribution is 2.44. The van der Waals surface area contributed by atoms with Gasteiger partial charge in [-0.05, 0) is 12.8 Å². The maximum absolute atomic E-state index is 13.2. The third-order valence-corrected chi connectivity index (χ3v) is 5.16. The first-order chi connectivity index (χ1) is 15.3. The molecule has 0 spiro atoms. The fraction of sp³-hybridized carbons (Fsp3) is 0.579. The van der Waals surface area contributed by atoms with Crippen molar-refractivity contribution in [2.75, 3.05) is 18.5 Å². The number of aliphatic carboxylic acids is 1. The monoisotopic (exact) mass is 489 g/mol. The van der Waals surface area contributed by atoms with E-state index in [0.29, 0.717) is 12.8 Å². The predicted molar refractivity (Wildman–Crippen MR) is 95.6 cm³/mol. The van der Waals surface area contributed by atoms with Crippen molar-refractivity contribution in [1.82, 2.24) is 0 Å². The van der Waals surface area contributed by atoms with Crippen LogP contribution in [0.5, 0.6) is 11.5 Å². The van der Waals surface area contributed by atoms with Gasteiger partial charge in [-0.1, -0.05) is 0 Å². The number of halogens is 7. The Kier molecular flexibility index (Phi) is 6.96. The van der Waals surface area contributed by atoms with Crippen LogP contribution < -0.4 is 14.8 Å². The number of ether oxygens (including phenoxy) is 3. The second-order valence-corrected chi connectivity index (χ2v) is 7.62. The standard InChI is InChI=1S/C19H18F7NO6/c20-17(21)18(22,23)6-31-9-3-8(4-10(5-9)32-7-19(24,25)26)27-15(28)13-11-1-2-12(33-11)14(13)16(29)30/h3-5,11-14,17H,1-2,6-7H2,(H,27,28)(H,29,30)/t11-,12-,13+,14+/m1/s1. The van der Waals surface area contributed by atoms with Gasteiger partial charge in [0.25, 0.3) is 0 Å². The number of benzene rings is 1. The van der Waals surface area contributed by atoms with Gasteiger partial charge < -0.3 is 24.6 Å². The number of amides is 1. The van der Waals surface area contributed by atoms with Gasteiger partial charge in [-0.15, -0.1) is 0 Å². The number of hydrogen-bond acceptors (Lipinski definition) is 5. The molecule has 2 aliphatic heterocycles. The first-order valence-corrected chi connectivity index (χ1v) is 9.59. The molecule has 4 atom stereocenters. The van der Waals surface area contributed by atoms with Crippen molar-refractivity contribution in [2.45, 2.75) is 43.6 Å². The van der Waals surface area contributed by atoms with Crippen molar-refractivity contribution in [3.8, 4) is 11.5 Å². The lowest BCUT2D eigenvalue weighted by molar-refractivity contribution is -0.153. The molecule has 2 saturated heterocycles. The molecule has 1 amide bonds. The third kappa shape index (κ3) is 5.97. The summed E-state index contributed by atoms with van der Waals surface area (Å²) < 4.78 is 103. The number of carboxylic acids is 1. The number of nitrogens with one attached hydrogen (secondary N) is 1. The first kappa shape index (κ1) is 24.9. The van der Waals surface area contributed by atoms with Crippen molar-refractivity contribution in [3.63, 3.8) is 0 Å². The minimum absolute atomic E-state index is 0.276. The molecule has 33 heavy (non-hydrogen) atoms. The molecule has 0 saturated carbocycles. The summed E-state index contributed by atoms with van der Waals surface area (Å²) in [6.07, 6.45) is -9.27. The fourth-order valence-electron chi connectivity index (χ4n) is 3.77. The number of carbonyl (C=O) groups excluding carboxylic acids is 1. The van der Waals surface area contributed by atoms with Crippen LogP contribution in [0.3, 0.4) is 0 Å². The normalized spacial score (nSPS) is 24.7. The molecule has 2 bridgehead atoms. The van der Waals surface area contributed by atoms with E-state index in [0.717, 1.165) is 18.2 Å². The number of fused-ring (bicyclic) bond motifs is 2. The zero-order valence-electron chi connectivity index (χ0n) is 16.6. The molecule has 14 heteroatoms. The average molecular weight is 489 g/mol. The van der Waals surface area contributed by atoms with Gasteiger partial charge in [0.05, 0.1) is 24.0 Å². The average Bonchev–Trinajstić information content (AvgIpc) is 3.32. The molecule has 0 radical (unpaired) electrons.